The fraction of sp³-hybridized carbons (Fsp3) is 0.545. The molecule has 0 aliphatic carbocycles. The number of aromatic nitrogens is 4. The molecule has 0 bridgehead atoms. The molecular formula is C11H18N6. The lowest BCUT2D eigenvalue weighted by atomic mass is 10.3. The molecule has 6 heteroatoms. The number of rotatable bonds is 5. The van der Waals surface area contributed by atoms with Gasteiger partial charge < -0.3 is 15.6 Å². The topological polar surface area (TPSA) is 81.7 Å². The highest BCUT2D eigenvalue weighted by atomic mass is 15.1. The Balaban J connectivity index is 2.02. The molecule has 17 heavy (non-hydrogen) atoms. The zero-order valence-corrected chi connectivity index (χ0v) is 10.2. The van der Waals surface area contributed by atoms with E-state index in [4.69, 9.17) is 5.73 Å². The second-order valence-electron chi connectivity index (χ2n) is 4.33. The predicted octanol–water partition coefficient (Wildman–Crippen LogP) is 0.797. The molecule has 0 saturated carbocycles. The lowest BCUT2D eigenvalue weighted by molar-refractivity contribution is 0.539. The van der Waals surface area contributed by atoms with Gasteiger partial charge in [-0.25, -0.2) is 15.0 Å². The van der Waals surface area contributed by atoms with Crippen molar-refractivity contribution in [3.05, 3.63) is 12.7 Å². The Morgan fingerprint density at radius 3 is 2.94 bits per heavy atom. The van der Waals surface area contributed by atoms with E-state index >= 15 is 0 Å². The molecule has 0 aliphatic heterocycles. The summed E-state index contributed by atoms with van der Waals surface area (Å²) >= 11 is 0. The van der Waals surface area contributed by atoms with Crippen molar-refractivity contribution in [2.24, 2.45) is 0 Å². The van der Waals surface area contributed by atoms with E-state index < -0.39 is 0 Å². The lowest BCUT2D eigenvalue weighted by Gasteiger charge is -2.08. The first-order chi connectivity index (χ1) is 8.18. The monoisotopic (exact) mass is 234 g/mol. The number of anilines is 1. The third-order valence-electron chi connectivity index (χ3n) is 2.56. The highest BCUT2D eigenvalue weighted by Gasteiger charge is 2.06. The maximum atomic E-state index is 5.72. The van der Waals surface area contributed by atoms with E-state index in [0.717, 1.165) is 25.2 Å². The molecule has 0 aliphatic rings. The molecule has 6 nitrogen and oxygen atoms in total. The van der Waals surface area contributed by atoms with Crippen LogP contribution in [0.2, 0.25) is 0 Å². The standard InChI is InChI=1S/C11H18N6/c1-8(2)13-4-3-5-17-7-16-9-10(12)14-6-15-11(9)17/h6-8,13H,3-5H2,1-2H3,(H2,12,14,15). The summed E-state index contributed by atoms with van der Waals surface area (Å²) in [6.07, 6.45) is 4.28. The van der Waals surface area contributed by atoms with Gasteiger partial charge in [-0.2, -0.15) is 0 Å². The van der Waals surface area contributed by atoms with Gasteiger partial charge in [0.25, 0.3) is 0 Å². The summed E-state index contributed by atoms with van der Waals surface area (Å²) in [5.41, 5.74) is 7.22. The highest BCUT2D eigenvalue weighted by Crippen LogP contribution is 2.14. The maximum Gasteiger partial charge on any atom is 0.165 e. The first-order valence-corrected chi connectivity index (χ1v) is 5.83. The molecule has 0 radical (unpaired) electrons. The van der Waals surface area contributed by atoms with Gasteiger partial charge in [0.1, 0.15) is 11.8 Å². The first kappa shape index (κ1) is 11.8. The summed E-state index contributed by atoms with van der Waals surface area (Å²) < 4.78 is 2.01. The molecule has 2 aromatic rings. The number of nitrogen functional groups attached to an aromatic ring is 1. The van der Waals surface area contributed by atoms with E-state index in [1.165, 1.54) is 6.33 Å². The average Bonchev–Trinajstić information content (AvgIpc) is 2.69. The number of nitrogens with zero attached hydrogens (tertiary/aromatic N) is 4. The van der Waals surface area contributed by atoms with Crippen molar-refractivity contribution in [2.45, 2.75) is 32.9 Å². The summed E-state index contributed by atoms with van der Waals surface area (Å²) in [7, 11) is 0. The number of nitrogens with one attached hydrogen (secondary N) is 1. The van der Waals surface area contributed by atoms with Crippen LogP contribution in [0.1, 0.15) is 20.3 Å². The van der Waals surface area contributed by atoms with Crippen molar-refractivity contribution in [3.63, 3.8) is 0 Å². The van der Waals surface area contributed by atoms with Gasteiger partial charge >= 0.3 is 0 Å². The van der Waals surface area contributed by atoms with Gasteiger partial charge in [0.05, 0.1) is 6.33 Å². The number of hydrogen-bond donors (Lipinski definition) is 2. The van der Waals surface area contributed by atoms with Crippen LogP contribution < -0.4 is 11.1 Å². The molecular weight excluding hydrogens is 216 g/mol. The Kier molecular flexibility index (Phi) is 3.53. The van der Waals surface area contributed by atoms with E-state index in [0.29, 0.717) is 17.4 Å². The molecule has 0 atom stereocenters. The van der Waals surface area contributed by atoms with E-state index in [1.54, 1.807) is 6.33 Å². The van der Waals surface area contributed by atoms with Gasteiger partial charge in [-0.3, -0.25) is 0 Å². The van der Waals surface area contributed by atoms with Gasteiger partial charge in [0.15, 0.2) is 11.5 Å². The smallest absolute Gasteiger partial charge is 0.165 e. The number of imidazole rings is 1. The Morgan fingerprint density at radius 1 is 1.35 bits per heavy atom. The van der Waals surface area contributed by atoms with Gasteiger partial charge in [0, 0.05) is 12.6 Å². The molecule has 0 unspecified atom stereocenters. The molecule has 0 amide bonds. The van der Waals surface area contributed by atoms with Crippen LogP contribution in [-0.4, -0.2) is 32.1 Å². The van der Waals surface area contributed by atoms with Crippen molar-refractivity contribution in [2.75, 3.05) is 12.3 Å². The van der Waals surface area contributed by atoms with Gasteiger partial charge in [-0.05, 0) is 13.0 Å². The fourth-order valence-electron chi connectivity index (χ4n) is 1.70. The normalized spacial score (nSPS) is 11.5. The molecule has 0 fully saturated rings. The molecule has 0 saturated heterocycles. The van der Waals surface area contributed by atoms with E-state index in [9.17, 15) is 0 Å². The minimum absolute atomic E-state index is 0.439. The summed E-state index contributed by atoms with van der Waals surface area (Å²) in [4.78, 5) is 12.3. The molecule has 0 aromatic carbocycles. The van der Waals surface area contributed by atoms with Crippen LogP contribution in [0.5, 0.6) is 0 Å². The Morgan fingerprint density at radius 2 is 2.18 bits per heavy atom. The van der Waals surface area contributed by atoms with Crippen LogP contribution in [0.4, 0.5) is 5.82 Å². The Bertz CT molecular complexity index is 490. The lowest BCUT2D eigenvalue weighted by Crippen LogP contribution is -2.24. The molecule has 92 valence electrons. The number of hydrogen-bond acceptors (Lipinski definition) is 5. The number of aryl methyl sites for hydroxylation is 1. The van der Waals surface area contributed by atoms with Crippen molar-refractivity contribution in [1.82, 2.24) is 24.8 Å². The molecule has 3 N–H and O–H groups in total. The van der Waals surface area contributed by atoms with Gasteiger partial charge in [-0.15, -0.1) is 0 Å². The zero-order valence-electron chi connectivity index (χ0n) is 10.2. The van der Waals surface area contributed by atoms with Crippen LogP contribution in [0.15, 0.2) is 12.7 Å². The van der Waals surface area contributed by atoms with Crippen LogP contribution >= 0.6 is 0 Å². The third-order valence-corrected chi connectivity index (χ3v) is 2.56. The summed E-state index contributed by atoms with van der Waals surface area (Å²) in [6.45, 7) is 6.14. The van der Waals surface area contributed by atoms with Crippen LogP contribution in [0.3, 0.4) is 0 Å². The third kappa shape index (κ3) is 2.71. The zero-order chi connectivity index (χ0) is 12.3. The van der Waals surface area contributed by atoms with Crippen molar-refractivity contribution < 1.29 is 0 Å². The van der Waals surface area contributed by atoms with Gasteiger partial charge in [0.2, 0.25) is 0 Å². The second kappa shape index (κ2) is 5.09. The SMILES string of the molecule is CC(C)NCCCn1cnc2c(N)ncnc21. The maximum absolute atomic E-state index is 5.72. The second-order valence-corrected chi connectivity index (χ2v) is 4.33. The number of nitrogens with two attached hydrogens (primary N) is 1. The van der Waals surface area contributed by atoms with E-state index in [1.807, 2.05) is 4.57 Å². The largest absolute Gasteiger partial charge is 0.382 e. The average molecular weight is 234 g/mol. The van der Waals surface area contributed by atoms with E-state index in [2.05, 4.69) is 34.1 Å². The summed E-state index contributed by atoms with van der Waals surface area (Å²) in [6, 6.07) is 0.521. The summed E-state index contributed by atoms with van der Waals surface area (Å²) in [5.74, 6) is 0.439. The fourth-order valence-corrected chi connectivity index (χ4v) is 1.70. The molecule has 2 heterocycles. The highest BCUT2D eigenvalue weighted by molar-refractivity contribution is 5.80. The Labute approximate surface area is 100 Å². The van der Waals surface area contributed by atoms with Gasteiger partial charge in [-0.1, -0.05) is 13.8 Å². The van der Waals surface area contributed by atoms with Crippen molar-refractivity contribution in [1.29, 1.82) is 0 Å². The minimum Gasteiger partial charge on any atom is -0.382 e. The quantitative estimate of drug-likeness (QED) is 0.748. The van der Waals surface area contributed by atoms with Crippen LogP contribution in [-0.2, 0) is 6.54 Å². The molecule has 2 aromatic heterocycles. The van der Waals surface area contributed by atoms with Crippen LogP contribution in [0.25, 0.3) is 11.2 Å². The summed E-state index contributed by atoms with van der Waals surface area (Å²) in [5, 5.41) is 3.38. The Hall–Kier alpha value is -1.69. The molecule has 0 spiro atoms. The first-order valence-electron chi connectivity index (χ1n) is 5.83. The van der Waals surface area contributed by atoms with Crippen molar-refractivity contribution in [3.8, 4) is 0 Å². The minimum atomic E-state index is 0.439. The van der Waals surface area contributed by atoms with Crippen molar-refractivity contribution >= 4 is 17.0 Å². The number of fused-ring (bicyclic) bond motifs is 1. The predicted molar refractivity (Wildman–Crippen MR) is 67.5 cm³/mol. The molecule has 2 rings (SSSR count). The van der Waals surface area contributed by atoms with Crippen LogP contribution in [0, 0.1) is 0 Å². The van der Waals surface area contributed by atoms with E-state index in [-0.39, 0.29) is 0 Å².